The van der Waals surface area contributed by atoms with Gasteiger partial charge in [0.05, 0.1) is 10.4 Å². The van der Waals surface area contributed by atoms with Gasteiger partial charge in [0.15, 0.2) is 12.2 Å². The van der Waals surface area contributed by atoms with Gasteiger partial charge >= 0.3 is 0 Å². The predicted molar refractivity (Wildman–Crippen MR) is 77.1 cm³/mol. The van der Waals surface area contributed by atoms with Crippen LogP contribution in [-0.4, -0.2) is 16.7 Å². The molecule has 0 atom stereocenters. The Kier molecular flexibility index (Phi) is 6.39. The van der Waals surface area contributed by atoms with Gasteiger partial charge in [0.2, 0.25) is 5.51 Å². The zero-order valence-electron chi connectivity index (χ0n) is 11.8. The van der Waals surface area contributed by atoms with E-state index in [1.54, 1.807) is 11.3 Å². The van der Waals surface area contributed by atoms with E-state index < -0.39 is 0 Å². The Hall–Kier alpha value is -1.17. The quantitative estimate of drug-likeness (QED) is 0.668. The van der Waals surface area contributed by atoms with Crippen LogP contribution in [0.2, 0.25) is 0 Å². The maximum Gasteiger partial charge on any atom is 0.225 e. The fourth-order valence-electron chi connectivity index (χ4n) is 2.01. The van der Waals surface area contributed by atoms with E-state index in [1.807, 2.05) is 19.1 Å². The van der Waals surface area contributed by atoms with Crippen molar-refractivity contribution >= 4 is 17.2 Å². The van der Waals surface area contributed by atoms with Crippen LogP contribution in [0.15, 0.2) is 17.6 Å². The van der Waals surface area contributed by atoms with Crippen molar-refractivity contribution in [2.24, 2.45) is 0 Å². The minimum Gasteiger partial charge on any atom is -1.00 e. The monoisotopic (exact) mass is 313 g/mol. The van der Waals surface area contributed by atoms with Crippen molar-refractivity contribution in [3.63, 3.8) is 0 Å². The van der Waals surface area contributed by atoms with Gasteiger partial charge in [0, 0.05) is 19.2 Å². The maximum atomic E-state index is 8.90. The second kappa shape index (κ2) is 7.57. The molecule has 2 heterocycles. The van der Waals surface area contributed by atoms with Gasteiger partial charge in [0.1, 0.15) is 5.82 Å². The van der Waals surface area contributed by atoms with E-state index in [1.165, 1.54) is 10.6 Å². The summed E-state index contributed by atoms with van der Waals surface area (Å²) < 4.78 is 2.19. The summed E-state index contributed by atoms with van der Waals surface area (Å²) in [6.45, 7) is 5.05. The summed E-state index contributed by atoms with van der Waals surface area (Å²) in [6.07, 6.45) is 1.75. The Labute approximate surface area is 129 Å². The number of nitrogens with zero attached hydrogens (tertiary/aromatic N) is 2. The lowest BCUT2D eigenvalue weighted by Crippen LogP contribution is -3.00. The molecule has 0 aromatic carbocycles. The highest BCUT2D eigenvalue weighted by Crippen LogP contribution is 2.15. The highest BCUT2D eigenvalue weighted by molar-refractivity contribution is 7.09. The molecule has 4 nitrogen and oxygen atoms in total. The van der Waals surface area contributed by atoms with Crippen LogP contribution in [0.5, 0.6) is 0 Å². The third-order valence-corrected chi connectivity index (χ3v) is 4.35. The number of pyridine rings is 1. The van der Waals surface area contributed by atoms with Crippen LogP contribution in [0.25, 0.3) is 0 Å². The number of nitrogens with two attached hydrogens (primary N) is 1. The van der Waals surface area contributed by atoms with E-state index in [2.05, 4.69) is 22.0 Å². The number of thiazole rings is 1. The van der Waals surface area contributed by atoms with Gasteiger partial charge in [0.25, 0.3) is 0 Å². The largest absolute Gasteiger partial charge is 1.00 e. The summed E-state index contributed by atoms with van der Waals surface area (Å²) in [5.74, 6) is 0.606. The molecule has 0 radical (unpaired) electrons. The molecule has 0 amide bonds. The Morgan fingerprint density at radius 3 is 2.75 bits per heavy atom. The second-order valence-corrected chi connectivity index (χ2v) is 5.62. The number of rotatable bonds is 5. The first-order valence-corrected chi connectivity index (χ1v) is 7.29. The smallest absolute Gasteiger partial charge is 0.225 e. The summed E-state index contributed by atoms with van der Waals surface area (Å²) in [4.78, 5) is 5.62. The molecule has 20 heavy (non-hydrogen) atoms. The predicted octanol–water partition coefficient (Wildman–Crippen LogP) is -1.39. The molecule has 0 saturated carbocycles. The Morgan fingerprint density at radius 2 is 2.10 bits per heavy atom. The topological polar surface area (TPSA) is 63.0 Å². The van der Waals surface area contributed by atoms with Gasteiger partial charge in [-0.15, -0.1) is 0 Å². The Balaban J connectivity index is 0.00000200. The van der Waals surface area contributed by atoms with Gasteiger partial charge < -0.3 is 23.2 Å². The number of aryl methyl sites for hydroxylation is 2. The molecule has 0 aliphatic heterocycles. The molecule has 2 aromatic rings. The molecule has 0 aliphatic rings. The molecule has 0 fully saturated rings. The standard InChI is InChI=1S/C14H20N3OS.ClH/c1-10-5-6-12(14(15)16-10)8-17-9-19-13(11(17)2)4-3-7-18;/h5-6,9,18H,3-4,7-8H2,1-2H3,(H2,15,16);1H/q+1;/p-1. The number of aliphatic hydroxyl groups excluding tert-OH is 1. The van der Waals surface area contributed by atoms with Gasteiger partial charge in [-0.3, -0.25) is 0 Å². The minimum atomic E-state index is 0. The van der Waals surface area contributed by atoms with E-state index in [0.717, 1.165) is 30.6 Å². The van der Waals surface area contributed by atoms with Crippen molar-refractivity contribution in [1.29, 1.82) is 0 Å². The molecule has 2 rings (SSSR count). The lowest BCUT2D eigenvalue weighted by atomic mass is 10.2. The fraction of sp³-hybridized carbons (Fsp3) is 0.429. The SMILES string of the molecule is Cc1ccc(C[n+]2csc(CCCO)c2C)c(N)n1.[Cl-]. The summed E-state index contributed by atoms with van der Waals surface area (Å²) in [5.41, 5.74) is 11.3. The van der Waals surface area contributed by atoms with E-state index in [9.17, 15) is 0 Å². The second-order valence-electron chi connectivity index (χ2n) is 4.68. The van der Waals surface area contributed by atoms with Crippen molar-refractivity contribution in [2.45, 2.75) is 33.2 Å². The first-order valence-electron chi connectivity index (χ1n) is 6.41. The summed E-state index contributed by atoms with van der Waals surface area (Å²) in [5, 5.41) is 8.90. The number of aliphatic hydroxyl groups is 1. The van der Waals surface area contributed by atoms with E-state index in [-0.39, 0.29) is 19.0 Å². The number of hydrogen-bond acceptors (Lipinski definition) is 4. The lowest BCUT2D eigenvalue weighted by molar-refractivity contribution is -0.689. The van der Waals surface area contributed by atoms with Crippen LogP contribution in [0.3, 0.4) is 0 Å². The van der Waals surface area contributed by atoms with Crippen molar-refractivity contribution < 1.29 is 22.1 Å². The minimum absolute atomic E-state index is 0. The van der Waals surface area contributed by atoms with Crippen LogP contribution < -0.4 is 22.7 Å². The van der Waals surface area contributed by atoms with Crippen LogP contribution in [0, 0.1) is 13.8 Å². The molecular formula is C14H20ClN3OS. The zero-order valence-corrected chi connectivity index (χ0v) is 13.3. The highest BCUT2D eigenvalue weighted by Gasteiger charge is 2.16. The first kappa shape index (κ1) is 16.9. The lowest BCUT2D eigenvalue weighted by Gasteiger charge is -2.02. The third kappa shape index (κ3) is 3.91. The molecule has 0 bridgehead atoms. The summed E-state index contributed by atoms with van der Waals surface area (Å²) in [7, 11) is 0. The van der Waals surface area contributed by atoms with Crippen LogP contribution in [-0.2, 0) is 13.0 Å². The van der Waals surface area contributed by atoms with Gasteiger partial charge in [-0.2, -0.15) is 4.57 Å². The Morgan fingerprint density at radius 1 is 1.35 bits per heavy atom. The molecule has 0 spiro atoms. The number of hydrogen-bond donors (Lipinski definition) is 2. The van der Waals surface area contributed by atoms with Gasteiger partial charge in [-0.05, 0) is 31.9 Å². The van der Waals surface area contributed by atoms with Crippen molar-refractivity contribution in [3.05, 3.63) is 39.5 Å². The van der Waals surface area contributed by atoms with E-state index >= 15 is 0 Å². The molecule has 6 heteroatoms. The summed E-state index contributed by atoms with van der Waals surface area (Å²) in [6, 6.07) is 4.02. The van der Waals surface area contributed by atoms with Crippen LogP contribution in [0.4, 0.5) is 5.82 Å². The normalized spacial score (nSPS) is 10.3. The van der Waals surface area contributed by atoms with Gasteiger partial charge in [-0.1, -0.05) is 11.3 Å². The van der Waals surface area contributed by atoms with Crippen LogP contribution >= 0.6 is 11.3 Å². The molecule has 0 unspecified atom stereocenters. The average molecular weight is 314 g/mol. The maximum absolute atomic E-state index is 8.90. The molecular weight excluding hydrogens is 294 g/mol. The summed E-state index contributed by atoms with van der Waals surface area (Å²) >= 11 is 1.73. The molecule has 3 N–H and O–H groups in total. The Bertz CT molecular complexity index is 572. The molecule has 0 aliphatic carbocycles. The number of nitrogen functional groups attached to an aromatic ring is 1. The van der Waals surface area contributed by atoms with E-state index in [4.69, 9.17) is 10.8 Å². The van der Waals surface area contributed by atoms with Crippen molar-refractivity contribution in [2.75, 3.05) is 12.3 Å². The average Bonchev–Trinajstić information content (AvgIpc) is 2.72. The molecule has 0 saturated heterocycles. The van der Waals surface area contributed by atoms with E-state index in [0.29, 0.717) is 5.82 Å². The third-order valence-electron chi connectivity index (χ3n) is 3.21. The fourth-order valence-corrected chi connectivity index (χ4v) is 3.05. The van der Waals surface area contributed by atoms with Crippen molar-refractivity contribution in [3.8, 4) is 0 Å². The molecule has 2 aromatic heterocycles. The highest BCUT2D eigenvalue weighted by atomic mass is 35.5. The number of aromatic nitrogens is 2. The first-order chi connectivity index (χ1) is 9.11. The number of halogens is 1. The zero-order chi connectivity index (χ0) is 13.8. The van der Waals surface area contributed by atoms with Crippen LogP contribution in [0.1, 0.15) is 28.2 Å². The van der Waals surface area contributed by atoms with Gasteiger partial charge in [-0.25, -0.2) is 4.98 Å². The molecule has 110 valence electrons. The van der Waals surface area contributed by atoms with Crippen molar-refractivity contribution in [1.82, 2.24) is 4.98 Å². The number of anilines is 1.